The van der Waals surface area contributed by atoms with Crippen molar-refractivity contribution in [3.8, 4) is 6.07 Å². The van der Waals surface area contributed by atoms with Crippen LogP contribution in [0.25, 0.3) is 0 Å². The molecule has 12 heavy (non-hydrogen) atoms. The lowest BCUT2D eigenvalue weighted by Gasteiger charge is -2.19. The molecule has 1 fully saturated rings. The van der Waals surface area contributed by atoms with Crippen LogP contribution in [0, 0.1) is 17.2 Å². The summed E-state index contributed by atoms with van der Waals surface area (Å²) in [5.41, 5.74) is 0. The van der Waals surface area contributed by atoms with Crippen molar-refractivity contribution >= 4 is 23.5 Å². The average Bonchev–Trinajstić information content (AvgIpc) is 2.47. The number of carbonyl (C=O) groups excluding carboxylic acids is 1. The van der Waals surface area contributed by atoms with E-state index in [9.17, 15) is 4.79 Å². The minimum absolute atomic E-state index is 0.0208. The first kappa shape index (κ1) is 9.14. The van der Waals surface area contributed by atoms with Crippen molar-refractivity contribution in [3.63, 3.8) is 0 Å². The van der Waals surface area contributed by atoms with Gasteiger partial charge in [0, 0.05) is 12.5 Å². The molecule has 0 bridgehead atoms. The normalized spacial score (nSPS) is 28.2. The number of thiocarbonyl (C=S) groups is 1. The molecule has 2 unspecified atom stereocenters. The summed E-state index contributed by atoms with van der Waals surface area (Å²) in [7, 11) is 0. The van der Waals surface area contributed by atoms with Crippen LogP contribution in [0.5, 0.6) is 0 Å². The molecule has 0 amide bonds. The fraction of sp³-hybridized carbons (Fsp3) is 0.625. The highest BCUT2D eigenvalue weighted by atomic mass is 32.1. The highest BCUT2D eigenvalue weighted by Gasteiger charge is 2.31. The summed E-state index contributed by atoms with van der Waals surface area (Å²) in [5.74, 6) is -0.0208. The van der Waals surface area contributed by atoms with Gasteiger partial charge in [0.1, 0.15) is 12.3 Å². The van der Waals surface area contributed by atoms with E-state index in [1.54, 1.807) is 6.92 Å². The van der Waals surface area contributed by atoms with Gasteiger partial charge in [-0.2, -0.15) is 5.26 Å². The summed E-state index contributed by atoms with van der Waals surface area (Å²) < 4.78 is 0. The molecule has 64 valence electrons. The van der Waals surface area contributed by atoms with E-state index in [4.69, 9.17) is 17.5 Å². The summed E-state index contributed by atoms with van der Waals surface area (Å²) in [6.45, 7) is 2.39. The Morgan fingerprint density at radius 2 is 2.50 bits per heavy atom. The van der Waals surface area contributed by atoms with Gasteiger partial charge < -0.3 is 9.69 Å². The molecule has 0 saturated carbocycles. The van der Waals surface area contributed by atoms with Gasteiger partial charge in [0.25, 0.3) is 0 Å². The molecule has 1 saturated heterocycles. The second-order valence-electron chi connectivity index (χ2n) is 2.95. The zero-order valence-electron chi connectivity index (χ0n) is 6.86. The van der Waals surface area contributed by atoms with Gasteiger partial charge in [-0.25, -0.2) is 0 Å². The Morgan fingerprint density at radius 1 is 1.83 bits per heavy atom. The van der Waals surface area contributed by atoms with E-state index in [2.05, 4.69) is 6.07 Å². The van der Waals surface area contributed by atoms with Gasteiger partial charge in [-0.1, -0.05) is 12.2 Å². The van der Waals surface area contributed by atoms with E-state index in [0.717, 1.165) is 6.29 Å². The molecule has 0 radical (unpaired) electrons. The molecule has 1 heterocycles. The van der Waals surface area contributed by atoms with Gasteiger partial charge >= 0.3 is 0 Å². The van der Waals surface area contributed by atoms with Crippen LogP contribution in [0.2, 0.25) is 0 Å². The maximum atomic E-state index is 10.5. The third-order valence-electron chi connectivity index (χ3n) is 2.08. The van der Waals surface area contributed by atoms with Gasteiger partial charge in [-0.05, 0) is 13.3 Å². The first-order chi connectivity index (χ1) is 5.69. The van der Waals surface area contributed by atoms with Crippen molar-refractivity contribution in [2.45, 2.75) is 19.4 Å². The largest absolute Gasteiger partial charge is 0.350 e. The molecule has 1 rings (SSSR count). The quantitative estimate of drug-likeness (QED) is 0.443. The second-order valence-corrected chi connectivity index (χ2v) is 3.54. The highest BCUT2D eigenvalue weighted by molar-refractivity contribution is 7.80. The van der Waals surface area contributed by atoms with Crippen molar-refractivity contribution in [2.24, 2.45) is 5.92 Å². The summed E-state index contributed by atoms with van der Waals surface area (Å²) in [4.78, 5) is 13.0. The van der Waals surface area contributed by atoms with Crippen molar-refractivity contribution in [1.82, 2.24) is 4.90 Å². The van der Waals surface area contributed by atoms with Gasteiger partial charge in [0.2, 0.25) is 0 Å². The molecule has 1 aliphatic heterocycles. The molecule has 2 atom stereocenters. The summed E-state index contributed by atoms with van der Waals surface area (Å²) >= 11 is 4.96. The molecule has 4 heteroatoms. The Balaban J connectivity index is 2.70. The monoisotopic (exact) mass is 182 g/mol. The van der Waals surface area contributed by atoms with Crippen LogP contribution in [0.15, 0.2) is 0 Å². The van der Waals surface area contributed by atoms with Gasteiger partial charge in [0.15, 0.2) is 0 Å². The number of carbonyl (C=O) groups is 1. The topological polar surface area (TPSA) is 44.1 Å². The van der Waals surface area contributed by atoms with Crippen LogP contribution in [0.4, 0.5) is 0 Å². The number of likely N-dealkylation sites (tertiary alicyclic amines) is 1. The van der Waals surface area contributed by atoms with Crippen LogP contribution >= 0.6 is 12.2 Å². The number of rotatable bonds is 1. The third kappa shape index (κ3) is 1.62. The molecule has 0 N–H and O–H groups in total. The fourth-order valence-electron chi connectivity index (χ4n) is 1.44. The maximum Gasteiger partial charge on any atom is 0.124 e. The van der Waals surface area contributed by atoms with Gasteiger partial charge in [-0.3, -0.25) is 0 Å². The van der Waals surface area contributed by atoms with Gasteiger partial charge in [0.05, 0.1) is 11.1 Å². The first-order valence-corrected chi connectivity index (χ1v) is 4.22. The van der Waals surface area contributed by atoms with E-state index in [0.29, 0.717) is 18.0 Å². The molecule has 0 aromatic heterocycles. The van der Waals surface area contributed by atoms with Crippen LogP contribution in [-0.2, 0) is 4.79 Å². The molecule has 0 aromatic rings. The average molecular weight is 182 g/mol. The fourth-order valence-corrected chi connectivity index (χ4v) is 1.64. The number of nitrogens with zero attached hydrogens (tertiary/aromatic N) is 2. The minimum Gasteiger partial charge on any atom is -0.350 e. The lowest BCUT2D eigenvalue weighted by Crippen LogP contribution is -2.31. The van der Waals surface area contributed by atoms with E-state index in [1.165, 1.54) is 0 Å². The van der Waals surface area contributed by atoms with Crippen LogP contribution in [0.1, 0.15) is 13.3 Å². The Bertz CT molecular complexity index is 246. The first-order valence-electron chi connectivity index (χ1n) is 3.81. The Hall–Kier alpha value is -0.950. The number of aldehydes is 1. The predicted octanol–water partition coefficient (Wildman–Crippen LogP) is 0.747. The Kier molecular flexibility index (Phi) is 2.77. The van der Waals surface area contributed by atoms with Crippen LogP contribution in [0.3, 0.4) is 0 Å². The standard InChI is InChI=1S/C8H10N2OS/c1-6(12)10-4-7(5-11)2-8(10)3-9/h5,7-8H,2,4H2,1H3. The second kappa shape index (κ2) is 3.63. The van der Waals surface area contributed by atoms with E-state index in [1.807, 2.05) is 4.90 Å². The summed E-state index contributed by atoms with van der Waals surface area (Å²) in [6, 6.07) is 1.94. The van der Waals surface area contributed by atoms with E-state index in [-0.39, 0.29) is 12.0 Å². The van der Waals surface area contributed by atoms with Crippen molar-refractivity contribution in [2.75, 3.05) is 6.54 Å². The van der Waals surface area contributed by atoms with Crippen molar-refractivity contribution in [1.29, 1.82) is 5.26 Å². The van der Waals surface area contributed by atoms with E-state index >= 15 is 0 Å². The summed E-state index contributed by atoms with van der Waals surface area (Å²) in [5, 5.41) is 8.73. The maximum absolute atomic E-state index is 10.5. The smallest absolute Gasteiger partial charge is 0.124 e. The molecule has 0 aliphatic carbocycles. The Morgan fingerprint density at radius 3 is 2.83 bits per heavy atom. The predicted molar refractivity (Wildman–Crippen MR) is 48.6 cm³/mol. The number of hydrogen-bond acceptors (Lipinski definition) is 3. The van der Waals surface area contributed by atoms with Crippen molar-refractivity contribution in [3.05, 3.63) is 0 Å². The third-order valence-corrected chi connectivity index (χ3v) is 2.31. The zero-order chi connectivity index (χ0) is 9.14. The molecule has 0 spiro atoms. The molecular weight excluding hydrogens is 172 g/mol. The van der Waals surface area contributed by atoms with Crippen LogP contribution < -0.4 is 0 Å². The van der Waals surface area contributed by atoms with Gasteiger partial charge in [-0.15, -0.1) is 0 Å². The molecular formula is C8H10N2OS. The molecule has 3 nitrogen and oxygen atoms in total. The lowest BCUT2D eigenvalue weighted by atomic mass is 10.1. The number of hydrogen-bond donors (Lipinski definition) is 0. The minimum atomic E-state index is -0.197. The SMILES string of the molecule is CC(=S)N1CC(C=O)CC1C#N. The highest BCUT2D eigenvalue weighted by Crippen LogP contribution is 2.21. The molecule has 1 aliphatic rings. The summed E-state index contributed by atoms with van der Waals surface area (Å²) in [6.07, 6.45) is 1.52. The Labute approximate surface area is 77.0 Å². The van der Waals surface area contributed by atoms with Crippen molar-refractivity contribution < 1.29 is 4.79 Å². The zero-order valence-corrected chi connectivity index (χ0v) is 7.67. The molecule has 0 aromatic carbocycles. The van der Waals surface area contributed by atoms with E-state index < -0.39 is 0 Å². The van der Waals surface area contributed by atoms with Crippen LogP contribution in [-0.4, -0.2) is 28.8 Å². The lowest BCUT2D eigenvalue weighted by molar-refractivity contribution is -0.110. The number of nitriles is 1.